The van der Waals surface area contributed by atoms with Crippen molar-refractivity contribution in [2.24, 2.45) is 0 Å². The quantitative estimate of drug-likeness (QED) is 0.865. The summed E-state index contributed by atoms with van der Waals surface area (Å²) in [6, 6.07) is 8.16. The molecule has 2 N–H and O–H groups in total. The summed E-state index contributed by atoms with van der Waals surface area (Å²) in [5, 5.41) is 9.43. The number of rotatable bonds is 4. The first-order valence-electron chi connectivity index (χ1n) is 7.21. The summed E-state index contributed by atoms with van der Waals surface area (Å²) in [7, 11) is 0. The van der Waals surface area contributed by atoms with Crippen LogP contribution in [0.4, 0.5) is 0 Å². The minimum atomic E-state index is -0.128. The van der Waals surface area contributed by atoms with Crippen molar-refractivity contribution in [1.82, 2.24) is 15.6 Å². The molecule has 126 valence electrons. The monoisotopic (exact) mass is 373 g/mol. The zero-order valence-corrected chi connectivity index (χ0v) is 15.3. The van der Waals surface area contributed by atoms with Crippen LogP contribution >= 0.6 is 36.2 Å². The van der Waals surface area contributed by atoms with Crippen molar-refractivity contribution in [3.05, 3.63) is 51.5 Å². The highest BCUT2D eigenvalue weighted by Crippen LogP contribution is 2.16. The van der Waals surface area contributed by atoms with Crippen LogP contribution in [0.3, 0.4) is 0 Å². The standard InChI is InChI=1S/C16H19N3OS.2ClH/c1-11-19-14(10-21-11)6-7-17-16(20)15-8-12-4-2-3-5-13(12)9-18-15;;/h2-5,10,15,18H,6-9H2,1H3,(H,17,20);2*1H. The number of carbonyl (C=O) groups is 1. The molecule has 0 saturated heterocycles. The van der Waals surface area contributed by atoms with Gasteiger partial charge in [-0.25, -0.2) is 4.98 Å². The van der Waals surface area contributed by atoms with Crippen molar-refractivity contribution in [2.45, 2.75) is 32.4 Å². The maximum atomic E-state index is 12.2. The largest absolute Gasteiger partial charge is 0.354 e. The topological polar surface area (TPSA) is 54.0 Å². The fraction of sp³-hybridized carbons (Fsp3) is 0.375. The van der Waals surface area contributed by atoms with E-state index in [0.29, 0.717) is 6.54 Å². The lowest BCUT2D eigenvalue weighted by Crippen LogP contribution is -2.48. The third-order valence-corrected chi connectivity index (χ3v) is 4.57. The second-order valence-corrected chi connectivity index (χ2v) is 6.37. The molecular formula is C16H21Cl2N3OS. The SMILES string of the molecule is Cc1nc(CCNC(=O)C2Cc3ccccc3CN2)cs1.Cl.Cl. The Morgan fingerprint density at radius 2 is 2.09 bits per heavy atom. The minimum absolute atomic E-state index is 0. The Hall–Kier alpha value is -1.14. The van der Waals surface area contributed by atoms with Gasteiger partial charge in [-0.05, 0) is 24.5 Å². The Morgan fingerprint density at radius 3 is 2.78 bits per heavy atom. The van der Waals surface area contributed by atoms with Gasteiger partial charge in [-0.3, -0.25) is 4.79 Å². The summed E-state index contributed by atoms with van der Waals surface area (Å²) in [6.45, 7) is 3.40. The fourth-order valence-corrected chi connectivity index (χ4v) is 3.25. The summed E-state index contributed by atoms with van der Waals surface area (Å²) in [5.41, 5.74) is 3.62. The summed E-state index contributed by atoms with van der Waals surface area (Å²) in [6.07, 6.45) is 1.55. The van der Waals surface area contributed by atoms with Crippen LogP contribution < -0.4 is 10.6 Å². The van der Waals surface area contributed by atoms with E-state index >= 15 is 0 Å². The smallest absolute Gasteiger partial charge is 0.237 e. The minimum Gasteiger partial charge on any atom is -0.354 e. The Kier molecular flexibility index (Phi) is 7.99. The van der Waals surface area contributed by atoms with Gasteiger partial charge in [0.15, 0.2) is 0 Å². The number of amides is 1. The number of nitrogens with zero attached hydrogens (tertiary/aromatic N) is 1. The average molecular weight is 374 g/mol. The zero-order valence-electron chi connectivity index (χ0n) is 12.9. The number of halogens is 2. The molecule has 2 aromatic rings. The van der Waals surface area contributed by atoms with Gasteiger partial charge >= 0.3 is 0 Å². The lowest BCUT2D eigenvalue weighted by Gasteiger charge is -2.25. The molecule has 4 nitrogen and oxygen atoms in total. The van der Waals surface area contributed by atoms with E-state index in [1.54, 1.807) is 11.3 Å². The molecule has 7 heteroatoms. The van der Waals surface area contributed by atoms with Gasteiger partial charge < -0.3 is 10.6 Å². The van der Waals surface area contributed by atoms with Gasteiger partial charge in [0.05, 0.1) is 16.7 Å². The summed E-state index contributed by atoms with van der Waals surface area (Å²) < 4.78 is 0. The van der Waals surface area contributed by atoms with Gasteiger partial charge in [-0.1, -0.05) is 24.3 Å². The normalized spacial score (nSPS) is 15.8. The van der Waals surface area contributed by atoms with Crippen LogP contribution in [-0.4, -0.2) is 23.5 Å². The van der Waals surface area contributed by atoms with Gasteiger partial charge in [0, 0.05) is 24.9 Å². The molecule has 23 heavy (non-hydrogen) atoms. The van der Waals surface area contributed by atoms with E-state index in [1.807, 2.05) is 19.1 Å². The predicted molar refractivity (Wildman–Crippen MR) is 98.8 cm³/mol. The zero-order chi connectivity index (χ0) is 14.7. The summed E-state index contributed by atoms with van der Waals surface area (Å²) in [5.74, 6) is 0.0801. The molecule has 0 bridgehead atoms. The number of carbonyl (C=O) groups excluding carboxylic acids is 1. The molecule has 3 rings (SSSR count). The van der Waals surface area contributed by atoms with Gasteiger partial charge in [0.1, 0.15) is 0 Å². The van der Waals surface area contributed by atoms with Gasteiger partial charge in [0.25, 0.3) is 0 Å². The van der Waals surface area contributed by atoms with Crippen molar-refractivity contribution in [3.63, 3.8) is 0 Å². The van der Waals surface area contributed by atoms with E-state index < -0.39 is 0 Å². The molecule has 0 spiro atoms. The van der Waals surface area contributed by atoms with Crippen molar-refractivity contribution in [3.8, 4) is 0 Å². The Labute approximate surface area is 152 Å². The molecule has 1 amide bonds. The molecule has 1 atom stereocenters. The molecule has 0 fully saturated rings. The first kappa shape index (κ1) is 19.9. The number of benzene rings is 1. The molecule has 1 aromatic carbocycles. The Bertz CT molecular complexity index is 648. The maximum Gasteiger partial charge on any atom is 0.237 e. The van der Waals surface area contributed by atoms with Crippen molar-refractivity contribution >= 4 is 42.1 Å². The molecule has 0 aliphatic carbocycles. The van der Waals surface area contributed by atoms with Crippen molar-refractivity contribution < 1.29 is 4.79 Å². The number of hydrogen-bond acceptors (Lipinski definition) is 4. The first-order chi connectivity index (χ1) is 10.2. The van der Waals surface area contributed by atoms with Crippen LogP contribution in [0.1, 0.15) is 21.8 Å². The van der Waals surface area contributed by atoms with E-state index in [-0.39, 0.29) is 36.8 Å². The highest BCUT2D eigenvalue weighted by atomic mass is 35.5. The molecule has 1 unspecified atom stereocenters. The third kappa shape index (κ3) is 5.18. The lowest BCUT2D eigenvalue weighted by atomic mass is 9.95. The Balaban J connectivity index is 0.00000132. The average Bonchev–Trinajstić information content (AvgIpc) is 2.92. The molecule has 1 aliphatic rings. The molecule has 0 saturated carbocycles. The number of fused-ring (bicyclic) bond motifs is 1. The lowest BCUT2D eigenvalue weighted by molar-refractivity contribution is -0.123. The summed E-state index contributed by atoms with van der Waals surface area (Å²) >= 11 is 1.65. The third-order valence-electron chi connectivity index (χ3n) is 3.74. The highest BCUT2D eigenvalue weighted by molar-refractivity contribution is 7.09. The second-order valence-electron chi connectivity index (χ2n) is 5.31. The summed E-state index contributed by atoms with van der Waals surface area (Å²) in [4.78, 5) is 16.6. The Morgan fingerprint density at radius 1 is 1.35 bits per heavy atom. The van der Waals surface area contributed by atoms with E-state index in [0.717, 1.165) is 30.1 Å². The second kappa shape index (κ2) is 9.23. The number of nitrogens with one attached hydrogen (secondary N) is 2. The maximum absolute atomic E-state index is 12.2. The van der Waals surface area contributed by atoms with Crippen LogP contribution in [0.15, 0.2) is 29.6 Å². The predicted octanol–water partition coefficient (Wildman–Crippen LogP) is 2.67. The number of aryl methyl sites for hydroxylation is 1. The van der Waals surface area contributed by atoms with E-state index in [9.17, 15) is 4.79 Å². The molecular weight excluding hydrogens is 353 g/mol. The van der Waals surface area contributed by atoms with Crippen LogP contribution in [-0.2, 0) is 24.2 Å². The van der Waals surface area contributed by atoms with Crippen LogP contribution in [0.25, 0.3) is 0 Å². The van der Waals surface area contributed by atoms with Crippen molar-refractivity contribution in [1.29, 1.82) is 0 Å². The number of aromatic nitrogens is 1. The van der Waals surface area contributed by atoms with Gasteiger partial charge in [0.2, 0.25) is 5.91 Å². The first-order valence-corrected chi connectivity index (χ1v) is 8.09. The van der Waals surface area contributed by atoms with Crippen LogP contribution in [0.2, 0.25) is 0 Å². The fourth-order valence-electron chi connectivity index (χ4n) is 2.60. The molecule has 0 radical (unpaired) electrons. The van der Waals surface area contributed by atoms with E-state index in [4.69, 9.17) is 0 Å². The number of hydrogen-bond donors (Lipinski definition) is 2. The van der Waals surface area contributed by atoms with Gasteiger partial charge in [-0.2, -0.15) is 0 Å². The molecule has 1 aliphatic heterocycles. The van der Waals surface area contributed by atoms with E-state index in [1.165, 1.54) is 11.1 Å². The number of thiazole rings is 1. The van der Waals surface area contributed by atoms with E-state index in [2.05, 4.69) is 33.1 Å². The van der Waals surface area contributed by atoms with Gasteiger partial charge in [-0.15, -0.1) is 36.2 Å². The molecule has 2 heterocycles. The molecule has 1 aromatic heterocycles. The van der Waals surface area contributed by atoms with Crippen LogP contribution in [0.5, 0.6) is 0 Å². The van der Waals surface area contributed by atoms with Crippen molar-refractivity contribution in [2.75, 3.05) is 6.54 Å². The highest BCUT2D eigenvalue weighted by Gasteiger charge is 2.23. The van der Waals surface area contributed by atoms with Crippen LogP contribution in [0, 0.1) is 6.92 Å².